The summed E-state index contributed by atoms with van der Waals surface area (Å²) in [5.41, 5.74) is 1.94. The summed E-state index contributed by atoms with van der Waals surface area (Å²) in [6, 6.07) is 8.23. The van der Waals surface area contributed by atoms with Crippen molar-refractivity contribution in [3.8, 4) is 10.6 Å². The van der Waals surface area contributed by atoms with Gasteiger partial charge in [0.15, 0.2) is 0 Å². The molecule has 0 aliphatic heterocycles. The second kappa shape index (κ2) is 6.02. The van der Waals surface area contributed by atoms with Crippen molar-refractivity contribution >= 4 is 29.1 Å². The molecule has 0 atom stereocenters. The molecule has 0 spiro atoms. The van der Waals surface area contributed by atoms with Gasteiger partial charge in [-0.05, 0) is 18.4 Å². The highest BCUT2D eigenvalue weighted by Gasteiger charge is 2.06. The Balaban J connectivity index is 2.10. The Bertz CT molecular complexity index is 534. The largest absolute Gasteiger partial charge is 0.481 e. The Labute approximate surface area is 114 Å². The molecule has 1 N–H and O–H groups in total. The van der Waals surface area contributed by atoms with E-state index in [0.29, 0.717) is 6.42 Å². The number of benzene rings is 1. The third-order valence-electron chi connectivity index (χ3n) is 2.48. The van der Waals surface area contributed by atoms with Crippen molar-refractivity contribution in [1.29, 1.82) is 0 Å². The predicted octanol–water partition coefficient (Wildman–Crippen LogP) is 3.55. The highest BCUT2D eigenvalue weighted by molar-refractivity contribution is 7.98. The van der Waals surface area contributed by atoms with Gasteiger partial charge in [-0.15, -0.1) is 23.1 Å². The number of aromatic nitrogens is 1. The second-order valence-corrected chi connectivity index (χ2v) is 5.50. The van der Waals surface area contributed by atoms with Crippen molar-refractivity contribution in [2.24, 2.45) is 0 Å². The number of hydrogen-bond acceptors (Lipinski definition) is 4. The van der Waals surface area contributed by atoms with E-state index in [-0.39, 0.29) is 6.42 Å². The lowest BCUT2D eigenvalue weighted by atomic mass is 10.2. The maximum Gasteiger partial charge on any atom is 0.303 e. The fourth-order valence-electron chi connectivity index (χ4n) is 1.52. The number of nitrogens with zero attached hydrogens (tertiary/aromatic N) is 1. The van der Waals surface area contributed by atoms with E-state index in [1.807, 2.05) is 23.8 Å². The number of carboxylic acids is 1. The molecular weight excluding hydrogens is 266 g/mol. The number of thioether (sulfide) groups is 1. The van der Waals surface area contributed by atoms with E-state index < -0.39 is 5.97 Å². The Hall–Kier alpha value is -1.33. The van der Waals surface area contributed by atoms with Crippen LogP contribution in [0.1, 0.15) is 12.1 Å². The zero-order chi connectivity index (χ0) is 13.0. The van der Waals surface area contributed by atoms with E-state index in [2.05, 4.69) is 17.1 Å². The van der Waals surface area contributed by atoms with Gasteiger partial charge in [-0.1, -0.05) is 12.1 Å². The summed E-state index contributed by atoms with van der Waals surface area (Å²) in [6.07, 6.45) is 2.67. The molecule has 94 valence electrons. The van der Waals surface area contributed by atoms with Crippen molar-refractivity contribution in [2.45, 2.75) is 17.7 Å². The molecule has 3 nitrogen and oxygen atoms in total. The average Bonchev–Trinajstić information content (AvgIpc) is 2.85. The molecule has 0 unspecified atom stereocenters. The lowest BCUT2D eigenvalue weighted by Gasteiger charge is -1.98. The van der Waals surface area contributed by atoms with E-state index in [1.54, 1.807) is 23.1 Å². The van der Waals surface area contributed by atoms with Crippen molar-refractivity contribution in [3.05, 3.63) is 35.3 Å². The molecule has 0 aliphatic rings. The average molecular weight is 279 g/mol. The molecule has 0 aliphatic carbocycles. The minimum atomic E-state index is -0.783. The van der Waals surface area contributed by atoms with Crippen molar-refractivity contribution in [3.63, 3.8) is 0 Å². The van der Waals surface area contributed by atoms with Crippen LogP contribution in [0.15, 0.2) is 34.5 Å². The summed E-state index contributed by atoms with van der Waals surface area (Å²) < 4.78 is 0. The fourth-order valence-corrected chi connectivity index (χ4v) is 2.79. The molecule has 5 heteroatoms. The maximum absolute atomic E-state index is 10.5. The number of hydrogen-bond donors (Lipinski definition) is 1. The Morgan fingerprint density at radius 2 is 2.11 bits per heavy atom. The van der Waals surface area contributed by atoms with Gasteiger partial charge in [-0.2, -0.15) is 0 Å². The summed E-state index contributed by atoms with van der Waals surface area (Å²) >= 11 is 3.26. The first-order valence-corrected chi connectivity index (χ1v) is 7.60. The summed E-state index contributed by atoms with van der Waals surface area (Å²) in [7, 11) is 0. The van der Waals surface area contributed by atoms with E-state index in [0.717, 1.165) is 16.3 Å². The van der Waals surface area contributed by atoms with Crippen LogP contribution in [0.3, 0.4) is 0 Å². The van der Waals surface area contributed by atoms with Gasteiger partial charge in [0.2, 0.25) is 0 Å². The van der Waals surface area contributed by atoms with Gasteiger partial charge in [-0.25, -0.2) is 4.98 Å². The van der Waals surface area contributed by atoms with Crippen LogP contribution in [0.2, 0.25) is 0 Å². The van der Waals surface area contributed by atoms with Crippen LogP contribution in [0, 0.1) is 0 Å². The predicted molar refractivity (Wildman–Crippen MR) is 75.3 cm³/mol. The van der Waals surface area contributed by atoms with E-state index in [9.17, 15) is 4.79 Å². The molecule has 0 saturated carbocycles. The normalized spacial score (nSPS) is 10.5. The first kappa shape index (κ1) is 13.1. The zero-order valence-corrected chi connectivity index (χ0v) is 11.6. The number of aryl methyl sites for hydroxylation is 1. The lowest BCUT2D eigenvalue weighted by molar-refractivity contribution is -0.136. The van der Waals surface area contributed by atoms with E-state index in [1.165, 1.54) is 4.90 Å². The van der Waals surface area contributed by atoms with Crippen LogP contribution in [-0.2, 0) is 11.2 Å². The van der Waals surface area contributed by atoms with Gasteiger partial charge in [0.05, 0.1) is 12.1 Å². The van der Waals surface area contributed by atoms with Crippen LogP contribution >= 0.6 is 23.1 Å². The van der Waals surface area contributed by atoms with Gasteiger partial charge in [0, 0.05) is 22.3 Å². The Morgan fingerprint density at radius 1 is 1.39 bits per heavy atom. The minimum Gasteiger partial charge on any atom is -0.481 e. The van der Waals surface area contributed by atoms with E-state index in [4.69, 9.17) is 5.11 Å². The molecule has 0 bridgehead atoms. The lowest BCUT2D eigenvalue weighted by Crippen LogP contribution is -1.97. The molecule has 1 heterocycles. The topological polar surface area (TPSA) is 50.2 Å². The quantitative estimate of drug-likeness (QED) is 0.850. The fraction of sp³-hybridized carbons (Fsp3) is 0.231. The molecule has 2 aromatic rings. The number of carboxylic acid groups (broad SMARTS) is 1. The minimum absolute atomic E-state index is 0.134. The van der Waals surface area contributed by atoms with Crippen LogP contribution < -0.4 is 0 Å². The highest BCUT2D eigenvalue weighted by Crippen LogP contribution is 2.26. The van der Waals surface area contributed by atoms with Crippen molar-refractivity contribution < 1.29 is 9.90 Å². The van der Waals surface area contributed by atoms with Gasteiger partial charge >= 0.3 is 5.97 Å². The van der Waals surface area contributed by atoms with Gasteiger partial charge in [-0.3, -0.25) is 4.79 Å². The highest BCUT2D eigenvalue weighted by atomic mass is 32.2. The standard InChI is InChI=1S/C13H13NO2S2/c1-17-11-5-2-9(3-6-11)13-14-10(8-18-13)4-7-12(15)16/h2-3,5-6,8H,4,7H2,1H3,(H,15,16). The van der Waals surface area contributed by atoms with Crippen molar-refractivity contribution in [2.75, 3.05) is 6.26 Å². The molecular formula is C13H13NO2S2. The number of carbonyl (C=O) groups is 1. The molecule has 0 fully saturated rings. The summed E-state index contributed by atoms with van der Waals surface area (Å²) in [5.74, 6) is -0.783. The van der Waals surface area contributed by atoms with Gasteiger partial charge in [0.25, 0.3) is 0 Å². The van der Waals surface area contributed by atoms with Crippen LogP contribution in [0.4, 0.5) is 0 Å². The summed E-state index contributed by atoms with van der Waals surface area (Å²) in [6.45, 7) is 0. The number of aliphatic carboxylic acids is 1. The molecule has 2 rings (SSSR count). The van der Waals surface area contributed by atoms with Crippen LogP contribution in [0.25, 0.3) is 10.6 Å². The molecule has 1 aromatic heterocycles. The Morgan fingerprint density at radius 3 is 2.72 bits per heavy atom. The first-order chi connectivity index (χ1) is 8.69. The van der Waals surface area contributed by atoms with Crippen molar-refractivity contribution in [1.82, 2.24) is 4.98 Å². The molecule has 18 heavy (non-hydrogen) atoms. The SMILES string of the molecule is CSc1ccc(-c2nc(CCC(=O)O)cs2)cc1. The third-order valence-corrected chi connectivity index (χ3v) is 4.17. The Kier molecular flexibility index (Phi) is 4.38. The molecule has 0 saturated heterocycles. The summed E-state index contributed by atoms with van der Waals surface area (Å²) in [4.78, 5) is 16.2. The zero-order valence-electron chi connectivity index (χ0n) is 9.92. The van der Waals surface area contributed by atoms with Crippen LogP contribution in [-0.4, -0.2) is 22.3 Å². The van der Waals surface area contributed by atoms with Crippen LogP contribution in [0.5, 0.6) is 0 Å². The smallest absolute Gasteiger partial charge is 0.303 e. The molecule has 0 radical (unpaired) electrons. The maximum atomic E-state index is 10.5. The van der Waals surface area contributed by atoms with E-state index >= 15 is 0 Å². The second-order valence-electron chi connectivity index (χ2n) is 3.77. The van der Waals surface area contributed by atoms with Gasteiger partial charge < -0.3 is 5.11 Å². The monoisotopic (exact) mass is 279 g/mol. The number of thiazole rings is 1. The number of rotatable bonds is 5. The molecule has 0 amide bonds. The molecule has 1 aromatic carbocycles. The summed E-state index contributed by atoms with van der Waals surface area (Å²) in [5, 5.41) is 11.5. The van der Waals surface area contributed by atoms with Gasteiger partial charge in [0.1, 0.15) is 5.01 Å². The first-order valence-electron chi connectivity index (χ1n) is 5.49. The third kappa shape index (κ3) is 3.34.